The Morgan fingerprint density at radius 1 is 0.833 bits per heavy atom. The van der Waals surface area contributed by atoms with Gasteiger partial charge >= 0.3 is 0 Å². The Bertz CT molecular complexity index is 392. The Morgan fingerprint density at radius 2 is 1.46 bits per heavy atom. The molecule has 0 radical (unpaired) electrons. The van der Waals surface area contributed by atoms with Crippen LogP contribution in [0.3, 0.4) is 0 Å². The first-order chi connectivity index (χ1) is 11.7. The van der Waals surface area contributed by atoms with Crippen LogP contribution in [0.25, 0.3) is 0 Å². The smallest absolute Gasteiger partial charge is 0.154 e. The summed E-state index contributed by atoms with van der Waals surface area (Å²) in [6, 6.07) is 0. The SMILES string of the molecule is CC1=CCC(CCC2COC(CCC3COC(C)OC3)CO2)CC1. The predicted molar refractivity (Wildman–Crippen MR) is 93.9 cm³/mol. The van der Waals surface area contributed by atoms with E-state index in [1.807, 2.05) is 6.92 Å². The Kier molecular flexibility index (Phi) is 7.14. The van der Waals surface area contributed by atoms with Crippen LogP contribution in [0, 0.1) is 11.8 Å². The van der Waals surface area contributed by atoms with Gasteiger partial charge < -0.3 is 18.9 Å². The fourth-order valence-electron chi connectivity index (χ4n) is 3.85. The van der Waals surface area contributed by atoms with Gasteiger partial charge in [0.1, 0.15) is 0 Å². The lowest BCUT2D eigenvalue weighted by Crippen LogP contribution is -2.37. The van der Waals surface area contributed by atoms with Crippen LogP contribution in [0.2, 0.25) is 0 Å². The number of hydrogen-bond acceptors (Lipinski definition) is 4. The molecule has 138 valence electrons. The second-order valence-corrected chi connectivity index (χ2v) is 7.86. The molecule has 0 bridgehead atoms. The second-order valence-electron chi connectivity index (χ2n) is 7.86. The molecule has 0 saturated carbocycles. The van der Waals surface area contributed by atoms with E-state index in [4.69, 9.17) is 18.9 Å². The maximum absolute atomic E-state index is 6.06. The number of allylic oxidation sites excluding steroid dienone is 2. The minimum Gasteiger partial charge on any atom is -0.373 e. The molecule has 3 aliphatic rings. The summed E-state index contributed by atoms with van der Waals surface area (Å²) < 4.78 is 23.2. The Hall–Kier alpha value is -0.420. The van der Waals surface area contributed by atoms with E-state index in [0.29, 0.717) is 12.0 Å². The summed E-state index contributed by atoms with van der Waals surface area (Å²) in [6.07, 6.45) is 11.4. The maximum atomic E-state index is 6.06. The Labute approximate surface area is 146 Å². The van der Waals surface area contributed by atoms with Crippen LogP contribution < -0.4 is 0 Å². The van der Waals surface area contributed by atoms with Gasteiger partial charge in [0.15, 0.2) is 6.29 Å². The summed E-state index contributed by atoms with van der Waals surface area (Å²) in [5.41, 5.74) is 1.56. The highest BCUT2D eigenvalue weighted by atomic mass is 16.7. The average molecular weight is 338 g/mol. The van der Waals surface area contributed by atoms with Gasteiger partial charge in [0, 0.05) is 5.92 Å². The first-order valence-corrected chi connectivity index (χ1v) is 9.81. The van der Waals surface area contributed by atoms with Crippen molar-refractivity contribution in [2.75, 3.05) is 26.4 Å². The number of hydrogen-bond donors (Lipinski definition) is 0. The van der Waals surface area contributed by atoms with Crippen LogP contribution in [0.5, 0.6) is 0 Å². The molecule has 2 heterocycles. The van der Waals surface area contributed by atoms with Crippen molar-refractivity contribution in [2.24, 2.45) is 11.8 Å². The lowest BCUT2D eigenvalue weighted by atomic mass is 9.86. The molecule has 3 atom stereocenters. The van der Waals surface area contributed by atoms with Crippen molar-refractivity contribution in [1.29, 1.82) is 0 Å². The molecule has 4 heteroatoms. The molecule has 1 aliphatic carbocycles. The van der Waals surface area contributed by atoms with Crippen LogP contribution in [0.4, 0.5) is 0 Å². The van der Waals surface area contributed by atoms with Gasteiger partial charge in [-0.3, -0.25) is 0 Å². The van der Waals surface area contributed by atoms with Crippen LogP contribution in [-0.4, -0.2) is 44.9 Å². The van der Waals surface area contributed by atoms with E-state index in [2.05, 4.69) is 13.0 Å². The molecule has 0 amide bonds. The molecule has 2 aliphatic heterocycles. The van der Waals surface area contributed by atoms with Crippen LogP contribution in [0.1, 0.15) is 58.8 Å². The van der Waals surface area contributed by atoms with Crippen molar-refractivity contribution in [3.63, 3.8) is 0 Å². The largest absolute Gasteiger partial charge is 0.373 e. The third kappa shape index (κ3) is 5.83. The third-order valence-electron chi connectivity index (χ3n) is 5.71. The van der Waals surface area contributed by atoms with Crippen LogP contribution in [0.15, 0.2) is 11.6 Å². The standard InChI is InChI=1S/C20H34O4/c1-15-3-5-17(6-4-15)7-9-19-13-24-20(14-23-19)10-8-18-11-21-16(2)22-12-18/h3,16-20H,4-14H2,1-2H3. The van der Waals surface area contributed by atoms with Gasteiger partial charge in [-0.15, -0.1) is 0 Å². The van der Waals surface area contributed by atoms with Gasteiger partial charge in [-0.2, -0.15) is 0 Å². The fraction of sp³-hybridized carbons (Fsp3) is 0.900. The molecule has 4 nitrogen and oxygen atoms in total. The first kappa shape index (κ1) is 18.4. The molecule has 0 N–H and O–H groups in total. The van der Waals surface area contributed by atoms with Gasteiger partial charge in [0.25, 0.3) is 0 Å². The molecule has 2 fully saturated rings. The quantitative estimate of drug-likeness (QED) is 0.684. The summed E-state index contributed by atoms with van der Waals surface area (Å²) in [6.45, 7) is 7.35. The number of rotatable bonds is 6. The zero-order valence-corrected chi connectivity index (χ0v) is 15.4. The lowest BCUT2D eigenvalue weighted by molar-refractivity contribution is -0.194. The van der Waals surface area contributed by atoms with Crippen molar-refractivity contribution >= 4 is 0 Å². The summed E-state index contributed by atoms with van der Waals surface area (Å²) in [5, 5.41) is 0. The van der Waals surface area contributed by atoms with Crippen molar-refractivity contribution < 1.29 is 18.9 Å². The average Bonchev–Trinajstić information content (AvgIpc) is 2.62. The van der Waals surface area contributed by atoms with Gasteiger partial charge in [-0.1, -0.05) is 11.6 Å². The van der Waals surface area contributed by atoms with E-state index in [0.717, 1.165) is 51.6 Å². The zero-order valence-electron chi connectivity index (χ0n) is 15.4. The molecule has 3 unspecified atom stereocenters. The zero-order chi connectivity index (χ0) is 16.8. The van der Waals surface area contributed by atoms with Crippen molar-refractivity contribution in [2.45, 2.75) is 77.3 Å². The summed E-state index contributed by atoms with van der Waals surface area (Å²) in [7, 11) is 0. The van der Waals surface area contributed by atoms with E-state index in [-0.39, 0.29) is 12.4 Å². The lowest BCUT2D eigenvalue weighted by Gasteiger charge is -2.32. The molecule has 0 aromatic heterocycles. The van der Waals surface area contributed by atoms with E-state index >= 15 is 0 Å². The molecular formula is C20H34O4. The predicted octanol–water partition coefficient (Wildman–Crippen LogP) is 4.09. The van der Waals surface area contributed by atoms with Gasteiger partial charge in [-0.05, 0) is 64.7 Å². The summed E-state index contributed by atoms with van der Waals surface area (Å²) in [4.78, 5) is 0. The van der Waals surface area contributed by atoms with Crippen LogP contribution >= 0.6 is 0 Å². The maximum Gasteiger partial charge on any atom is 0.154 e. The molecular weight excluding hydrogens is 304 g/mol. The Morgan fingerprint density at radius 3 is 2.00 bits per heavy atom. The van der Waals surface area contributed by atoms with E-state index < -0.39 is 0 Å². The molecule has 3 rings (SSSR count). The summed E-state index contributed by atoms with van der Waals surface area (Å²) in [5.74, 6) is 1.36. The van der Waals surface area contributed by atoms with Crippen LogP contribution in [-0.2, 0) is 18.9 Å². The monoisotopic (exact) mass is 338 g/mol. The summed E-state index contributed by atoms with van der Waals surface area (Å²) >= 11 is 0. The minimum atomic E-state index is -0.0418. The molecule has 24 heavy (non-hydrogen) atoms. The van der Waals surface area contributed by atoms with E-state index in [9.17, 15) is 0 Å². The fourth-order valence-corrected chi connectivity index (χ4v) is 3.85. The Balaban J connectivity index is 1.26. The highest BCUT2D eigenvalue weighted by Crippen LogP contribution is 2.28. The molecule has 0 aromatic rings. The van der Waals surface area contributed by atoms with E-state index in [1.165, 1.54) is 25.7 Å². The van der Waals surface area contributed by atoms with Crippen molar-refractivity contribution in [3.05, 3.63) is 11.6 Å². The van der Waals surface area contributed by atoms with Gasteiger partial charge in [0.2, 0.25) is 0 Å². The number of ether oxygens (including phenoxy) is 4. The van der Waals surface area contributed by atoms with Gasteiger partial charge in [-0.25, -0.2) is 0 Å². The third-order valence-corrected chi connectivity index (χ3v) is 5.71. The van der Waals surface area contributed by atoms with Crippen molar-refractivity contribution in [3.8, 4) is 0 Å². The van der Waals surface area contributed by atoms with Gasteiger partial charge in [0.05, 0.1) is 38.6 Å². The minimum absolute atomic E-state index is 0.0418. The second kappa shape index (κ2) is 9.33. The highest BCUT2D eigenvalue weighted by molar-refractivity contribution is 5.02. The van der Waals surface area contributed by atoms with Crippen molar-refractivity contribution in [1.82, 2.24) is 0 Å². The molecule has 2 saturated heterocycles. The van der Waals surface area contributed by atoms with E-state index in [1.54, 1.807) is 5.57 Å². The first-order valence-electron chi connectivity index (χ1n) is 9.81. The highest BCUT2D eigenvalue weighted by Gasteiger charge is 2.25. The normalized spacial score (nSPS) is 37.9. The topological polar surface area (TPSA) is 36.9 Å². The molecule has 0 spiro atoms. The molecule has 0 aromatic carbocycles.